The molecule has 0 heterocycles. The van der Waals surface area contributed by atoms with Crippen molar-refractivity contribution in [2.75, 3.05) is 7.11 Å². The molecule has 0 saturated heterocycles. The predicted molar refractivity (Wildman–Crippen MR) is 74.1 cm³/mol. The Morgan fingerprint density at radius 2 is 1.55 bits per heavy atom. The van der Waals surface area contributed by atoms with Gasteiger partial charge in [-0.05, 0) is 28.8 Å². The monoisotopic (exact) mass is 277 g/mol. The van der Waals surface area contributed by atoms with E-state index >= 15 is 0 Å². The van der Waals surface area contributed by atoms with Crippen LogP contribution in [0.25, 0.3) is 0 Å². The molecule has 0 atom stereocenters. The summed E-state index contributed by atoms with van der Waals surface area (Å²) >= 11 is 0. The SMILES string of the molecule is COCc1cccc(CNCc2cc(F)cc(F)c2)c1. The summed E-state index contributed by atoms with van der Waals surface area (Å²) in [5.41, 5.74) is 2.80. The summed E-state index contributed by atoms with van der Waals surface area (Å²) in [6, 6.07) is 11.5. The van der Waals surface area contributed by atoms with E-state index < -0.39 is 11.6 Å². The Labute approximate surface area is 117 Å². The van der Waals surface area contributed by atoms with E-state index in [-0.39, 0.29) is 0 Å². The van der Waals surface area contributed by atoms with Crippen molar-refractivity contribution in [1.82, 2.24) is 5.32 Å². The minimum Gasteiger partial charge on any atom is -0.380 e. The van der Waals surface area contributed by atoms with Gasteiger partial charge in [0, 0.05) is 26.3 Å². The number of nitrogens with one attached hydrogen (secondary N) is 1. The summed E-state index contributed by atoms with van der Waals surface area (Å²) in [7, 11) is 1.66. The first kappa shape index (κ1) is 14.6. The Balaban J connectivity index is 1.90. The van der Waals surface area contributed by atoms with Gasteiger partial charge >= 0.3 is 0 Å². The first-order valence-electron chi connectivity index (χ1n) is 6.40. The van der Waals surface area contributed by atoms with Crippen LogP contribution in [0.3, 0.4) is 0 Å². The number of hydrogen-bond donors (Lipinski definition) is 1. The molecule has 0 radical (unpaired) electrons. The molecule has 0 bridgehead atoms. The molecule has 0 aromatic heterocycles. The van der Waals surface area contributed by atoms with E-state index in [1.165, 1.54) is 12.1 Å². The quantitative estimate of drug-likeness (QED) is 0.873. The zero-order valence-corrected chi connectivity index (χ0v) is 11.3. The van der Waals surface area contributed by atoms with Gasteiger partial charge in [0.1, 0.15) is 11.6 Å². The smallest absolute Gasteiger partial charge is 0.126 e. The van der Waals surface area contributed by atoms with Crippen molar-refractivity contribution in [3.05, 3.63) is 70.8 Å². The standard InChI is InChI=1S/C16H17F2NO/c1-20-11-13-4-2-3-12(5-13)9-19-10-14-6-15(17)8-16(18)7-14/h2-8,19H,9-11H2,1H3. The normalized spacial score (nSPS) is 10.8. The van der Waals surface area contributed by atoms with Crippen LogP contribution in [-0.4, -0.2) is 7.11 Å². The molecule has 0 spiro atoms. The Kier molecular flexibility index (Phi) is 5.21. The Morgan fingerprint density at radius 3 is 2.25 bits per heavy atom. The Hall–Kier alpha value is -1.78. The summed E-state index contributed by atoms with van der Waals surface area (Å²) in [6.45, 7) is 1.63. The highest BCUT2D eigenvalue weighted by molar-refractivity contribution is 5.23. The Morgan fingerprint density at radius 1 is 0.900 bits per heavy atom. The number of rotatable bonds is 6. The average Bonchev–Trinajstić information content (AvgIpc) is 2.38. The van der Waals surface area contributed by atoms with Crippen LogP contribution >= 0.6 is 0 Å². The molecule has 2 aromatic carbocycles. The molecule has 106 valence electrons. The van der Waals surface area contributed by atoms with Gasteiger partial charge in [0.2, 0.25) is 0 Å². The molecule has 20 heavy (non-hydrogen) atoms. The molecule has 0 aliphatic carbocycles. The molecule has 0 amide bonds. The van der Waals surface area contributed by atoms with E-state index in [1.807, 2.05) is 24.3 Å². The van der Waals surface area contributed by atoms with Crippen molar-refractivity contribution < 1.29 is 13.5 Å². The third kappa shape index (κ3) is 4.40. The van der Waals surface area contributed by atoms with E-state index in [2.05, 4.69) is 5.32 Å². The number of hydrogen-bond acceptors (Lipinski definition) is 2. The van der Waals surface area contributed by atoms with Crippen molar-refractivity contribution in [2.24, 2.45) is 0 Å². The van der Waals surface area contributed by atoms with Crippen LogP contribution in [0.2, 0.25) is 0 Å². The van der Waals surface area contributed by atoms with Crippen molar-refractivity contribution in [3.8, 4) is 0 Å². The first-order valence-corrected chi connectivity index (χ1v) is 6.40. The van der Waals surface area contributed by atoms with Gasteiger partial charge in [-0.15, -0.1) is 0 Å². The van der Waals surface area contributed by atoms with Crippen LogP contribution in [0.5, 0.6) is 0 Å². The second kappa shape index (κ2) is 7.12. The molecule has 2 rings (SSSR count). The molecule has 0 aliphatic rings. The molecule has 2 nitrogen and oxygen atoms in total. The maximum atomic E-state index is 13.0. The van der Waals surface area contributed by atoms with Crippen LogP contribution in [0, 0.1) is 11.6 Å². The van der Waals surface area contributed by atoms with E-state index in [0.717, 1.165) is 17.2 Å². The molecular formula is C16H17F2NO. The fourth-order valence-corrected chi connectivity index (χ4v) is 2.06. The van der Waals surface area contributed by atoms with Gasteiger partial charge < -0.3 is 10.1 Å². The average molecular weight is 277 g/mol. The molecule has 0 unspecified atom stereocenters. The zero-order chi connectivity index (χ0) is 14.4. The Bertz CT molecular complexity index is 552. The van der Waals surface area contributed by atoms with Gasteiger partial charge in [-0.2, -0.15) is 0 Å². The molecular weight excluding hydrogens is 260 g/mol. The third-order valence-electron chi connectivity index (χ3n) is 2.88. The summed E-state index contributed by atoms with van der Waals surface area (Å²) in [5.74, 6) is -1.10. The largest absolute Gasteiger partial charge is 0.380 e. The van der Waals surface area contributed by atoms with Crippen molar-refractivity contribution in [1.29, 1.82) is 0 Å². The van der Waals surface area contributed by atoms with Gasteiger partial charge in [0.25, 0.3) is 0 Å². The highest BCUT2D eigenvalue weighted by atomic mass is 19.1. The number of halogens is 2. The fraction of sp³-hybridized carbons (Fsp3) is 0.250. The molecule has 4 heteroatoms. The minimum absolute atomic E-state index is 0.420. The van der Waals surface area contributed by atoms with Crippen LogP contribution < -0.4 is 5.32 Å². The number of methoxy groups -OCH3 is 1. The molecule has 0 fully saturated rings. The molecule has 1 N–H and O–H groups in total. The van der Waals surface area contributed by atoms with Crippen molar-refractivity contribution in [3.63, 3.8) is 0 Å². The lowest BCUT2D eigenvalue weighted by molar-refractivity contribution is 0.185. The van der Waals surface area contributed by atoms with E-state index in [0.29, 0.717) is 25.3 Å². The van der Waals surface area contributed by atoms with E-state index in [1.54, 1.807) is 7.11 Å². The molecule has 0 aliphatic heterocycles. The maximum absolute atomic E-state index is 13.0. The number of ether oxygens (including phenoxy) is 1. The fourth-order valence-electron chi connectivity index (χ4n) is 2.06. The van der Waals surface area contributed by atoms with Crippen LogP contribution in [0.1, 0.15) is 16.7 Å². The third-order valence-corrected chi connectivity index (χ3v) is 2.88. The molecule has 0 saturated carbocycles. The first-order chi connectivity index (χ1) is 9.67. The van der Waals surface area contributed by atoms with Gasteiger partial charge in [-0.1, -0.05) is 24.3 Å². The summed E-state index contributed by atoms with van der Waals surface area (Å²) in [4.78, 5) is 0. The highest BCUT2D eigenvalue weighted by Gasteiger charge is 2.01. The van der Waals surface area contributed by atoms with Crippen LogP contribution in [-0.2, 0) is 24.4 Å². The van der Waals surface area contributed by atoms with Gasteiger partial charge in [0.05, 0.1) is 6.61 Å². The second-order valence-electron chi connectivity index (χ2n) is 4.63. The summed E-state index contributed by atoms with van der Waals surface area (Å²) in [6.07, 6.45) is 0. The summed E-state index contributed by atoms with van der Waals surface area (Å²) < 4.78 is 31.1. The second-order valence-corrected chi connectivity index (χ2v) is 4.63. The van der Waals surface area contributed by atoms with E-state index in [4.69, 9.17) is 4.74 Å². The lowest BCUT2D eigenvalue weighted by Gasteiger charge is -2.07. The topological polar surface area (TPSA) is 21.3 Å². The van der Waals surface area contributed by atoms with Crippen LogP contribution in [0.4, 0.5) is 8.78 Å². The van der Waals surface area contributed by atoms with E-state index in [9.17, 15) is 8.78 Å². The zero-order valence-electron chi connectivity index (χ0n) is 11.3. The summed E-state index contributed by atoms with van der Waals surface area (Å²) in [5, 5.41) is 3.17. The number of benzene rings is 2. The van der Waals surface area contributed by atoms with Crippen molar-refractivity contribution >= 4 is 0 Å². The van der Waals surface area contributed by atoms with Crippen molar-refractivity contribution in [2.45, 2.75) is 19.7 Å². The van der Waals surface area contributed by atoms with Gasteiger partial charge in [0.15, 0.2) is 0 Å². The highest BCUT2D eigenvalue weighted by Crippen LogP contribution is 2.09. The predicted octanol–water partition coefficient (Wildman–Crippen LogP) is 3.40. The molecule has 2 aromatic rings. The van der Waals surface area contributed by atoms with Crippen LogP contribution in [0.15, 0.2) is 42.5 Å². The lowest BCUT2D eigenvalue weighted by atomic mass is 10.1. The minimum atomic E-state index is -0.552. The maximum Gasteiger partial charge on any atom is 0.126 e. The van der Waals surface area contributed by atoms with Gasteiger partial charge in [-0.3, -0.25) is 0 Å². The van der Waals surface area contributed by atoms with Gasteiger partial charge in [-0.25, -0.2) is 8.78 Å². The lowest BCUT2D eigenvalue weighted by Crippen LogP contribution is -2.13.